The Kier molecular flexibility index (Phi) is 3.75. The molecule has 1 amide bonds. The van der Waals surface area contributed by atoms with Gasteiger partial charge in [-0.25, -0.2) is 5.43 Å². The summed E-state index contributed by atoms with van der Waals surface area (Å²) < 4.78 is 0. The average molecular weight is 232 g/mol. The van der Waals surface area contributed by atoms with Gasteiger partial charge < -0.3 is 5.11 Å². The third-order valence-electron chi connectivity index (χ3n) is 2.88. The first-order chi connectivity index (χ1) is 8.25. The summed E-state index contributed by atoms with van der Waals surface area (Å²) in [4.78, 5) is 11.7. The molecule has 0 spiro atoms. The Balaban J connectivity index is 1.94. The topological polar surface area (TPSA) is 61.7 Å². The van der Waals surface area contributed by atoms with Gasteiger partial charge in [-0.2, -0.15) is 5.10 Å². The van der Waals surface area contributed by atoms with E-state index in [0.717, 1.165) is 31.4 Å². The second-order valence-electron chi connectivity index (χ2n) is 4.23. The fraction of sp³-hybridized carbons (Fsp3) is 0.385. The average Bonchev–Trinajstić information content (AvgIpc) is 2.38. The number of phenols is 1. The van der Waals surface area contributed by atoms with Gasteiger partial charge in [0.1, 0.15) is 5.75 Å². The van der Waals surface area contributed by atoms with Crippen molar-refractivity contribution in [2.75, 3.05) is 0 Å². The van der Waals surface area contributed by atoms with Gasteiger partial charge in [0.15, 0.2) is 0 Å². The molecule has 4 heteroatoms. The minimum Gasteiger partial charge on any atom is -0.508 e. The van der Waals surface area contributed by atoms with Crippen LogP contribution < -0.4 is 5.43 Å². The Labute approximate surface area is 100 Å². The number of hydrogen-bond acceptors (Lipinski definition) is 3. The van der Waals surface area contributed by atoms with Crippen LogP contribution in [0.15, 0.2) is 29.4 Å². The van der Waals surface area contributed by atoms with Crippen LogP contribution in [-0.2, 0) is 0 Å². The molecule has 0 atom stereocenters. The monoisotopic (exact) mass is 232 g/mol. The number of amides is 1. The van der Waals surface area contributed by atoms with Crippen LogP contribution in [0.2, 0.25) is 0 Å². The van der Waals surface area contributed by atoms with Crippen molar-refractivity contribution in [2.24, 2.45) is 5.10 Å². The van der Waals surface area contributed by atoms with Gasteiger partial charge in [0.05, 0.1) is 0 Å². The summed E-state index contributed by atoms with van der Waals surface area (Å²) in [5.41, 5.74) is 4.13. The third kappa shape index (κ3) is 3.31. The summed E-state index contributed by atoms with van der Waals surface area (Å²) in [6.07, 6.45) is 5.54. The van der Waals surface area contributed by atoms with Crippen LogP contribution >= 0.6 is 0 Å². The normalized spacial score (nSPS) is 15.4. The fourth-order valence-electron chi connectivity index (χ4n) is 1.88. The number of hydrazone groups is 1. The zero-order valence-corrected chi connectivity index (χ0v) is 9.65. The molecule has 2 rings (SSSR count). The van der Waals surface area contributed by atoms with E-state index >= 15 is 0 Å². The highest BCUT2D eigenvalue weighted by Gasteiger charge is 2.08. The lowest BCUT2D eigenvalue weighted by Crippen LogP contribution is -2.20. The highest BCUT2D eigenvalue weighted by atomic mass is 16.3. The molecular formula is C13H16N2O2. The quantitative estimate of drug-likeness (QED) is 0.769. The largest absolute Gasteiger partial charge is 0.508 e. The summed E-state index contributed by atoms with van der Waals surface area (Å²) in [5, 5.41) is 13.2. The van der Waals surface area contributed by atoms with Crippen molar-refractivity contribution in [2.45, 2.75) is 32.1 Å². The predicted octanol–water partition coefficient (Wildman–Crippen LogP) is 2.44. The van der Waals surface area contributed by atoms with Crippen LogP contribution in [0.3, 0.4) is 0 Å². The Morgan fingerprint density at radius 3 is 2.41 bits per heavy atom. The summed E-state index contributed by atoms with van der Waals surface area (Å²) >= 11 is 0. The molecule has 0 heterocycles. The Bertz CT molecular complexity index is 416. The molecule has 0 aliphatic heterocycles. The standard InChI is InChI=1S/C13H16N2O2/c16-12-8-6-10(7-9-12)13(17)15-14-11-4-2-1-3-5-11/h6-9,16H,1-5H2,(H,15,17). The van der Waals surface area contributed by atoms with Gasteiger partial charge in [0.25, 0.3) is 5.91 Å². The lowest BCUT2D eigenvalue weighted by molar-refractivity contribution is 0.0954. The molecule has 17 heavy (non-hydrogen) atoms. The molecule has 0 aromatic heterocycles. The molecule has 1 saturated carbocycles. The number of carbonyl (C=O) groups is 1. The first-order valence-electron chi connectivity index (χ1n) is 5.90. The summed E-state index contributed by atoms with van der Waals surface area (Å²) in [5.74, 6) is -0.0804. The smallest absolute Gasteiger partial charge is 0.271 e. The molecule has 0 saturated heterocycles. The summed E-state index contributed by atoms with van der Waals surface area (Å²) in [6.45, 7) is 0. The SMILES string of the molecule is O=C(NN=C1CCCCC1)c1ccc(O)cc1. The molecule has 1 aromatic carbocycles. The number of nitrogens with one attached hydrogen (secondary N) is 1. The molecule has 1 aliphatic rings. The number of rotatable bonds is 2. The van der Waals surface area contributed by atoms with Crippen molar-refractivity contribution < 1.29 is 9.90 Å². The van der Waals surface area contributed by atoms with Crippen LogP contribution in [0, 0.1) is 0 Å². The van der Waals surface area contributed by atoms with E-state index < -0.39 is 0 Å². The number of nitrogens with zero attached hydrogens (tertiary/aromatic N) is 1. The van der Waals surface area contributed by atoms with Gasteiger partial charge in [-0.05, 0) is 49.9 Å². The highest BCUT2D eigenvalue weighted by molar-refractivity contribution is 5.95. The van der Waals surface area contributed by atoms with E-state index in [1.165, 1.54) is 18.6 Å². The van der Waals surface area contributed by atoms with Crippen molar-refractivity contribution >= 4 is 11.6 Å². The molecule has 1 aromatic rings. The van der Waals surface area contributed by atoms with E-state index in [4.69, 9.17) is 5.11 Å². The minimum absolute atomic E-state index is 0.153. The highest BCUT2D eigenvalue weighted by Crippen LogP contribution is 2.14. The molecule has 90 valence electrons. The Morgan fingerprint density at radius 2 is 1.76 bits per heavy atom. The molecule has 4 nitrogen and oxygen atoms in total. The first kappa shape index (κ1) is 11.6. The third-order valence-corrected chi connectivity index (χ3v) is 2.88. The molecule has 0 bridgehead atoms. The Hall–Kier alpha value is -1.84. The molecule has 2 N–H and O–H groups in total. The van der Waals surface area contributed by atoms with E-state index in [-0.39, 0.29) is 11.7 Å². The van der Waals surface area contributed by atoms with E-state index in [0.29, 0.717) is 5.56 Å². The van der Waals surface area contributed by atoms with E-state index in [1.54, 1.807) is 12.1 Å². The van der Waals surface area contributed by atoms with Crippen molar-refractivity contribution in [3.8, 4) is 5.75 Å². The molecule has 0 unspecified atom stereocenters. The van der Waals surface area contributed by atoms with Gasteiger partial charge in [0, 0.05) is 11.3 Å². The maximum absolute atomic E-state index is 11.7. The van der Waals surface area contributed by atoms with Crippen molar-refractivity contribution in [1.29, 1.82) is 0 Å². The zero-order valence-electron chi connectivity index (χ0n) is 9.65. The van der Waals surface area contributed by atoms with Gasteiger partial charge in [-0.1, -0.05) is 6.42 Å². The van der Waals surface area contributed by atoms with E-state index in [1.807, 2.05) is 0 Å². The second-order valence-corrected chi connectivity index (χ2v) is 4.23. The number of benzene rings is 1. The predicted molar refractivity (Wildman–Crippen MR) is 66.1 cm³/mol. The molecule has 0 radical (unpaired) electrons. The Morgan fingerprint density at radius 1 is 1.12 bits per heavy atom. The summed E-state index contributed by atoms with van der Waals surface area (Å²) in [7, 11) is 0. The maximum Gasteiger partial charge on any atom is 0.271 e. The van der Waals surface area contributed by atoms with Crippen molar-refractivity contribution in [3.63, 3.8) is 0 Å². The number of hydrogen-bond donors (Lipinski definition) is 2. The molecule has 1 aliphatic carbocycles. The summed E-state index contributed by atoms with van der Waals surface area (Å²) in [6, 6.07) is 6.13. The lowest BCUT2D eigenvalue weighted by Gasteiger charge is -2.11. The van der Waals surface area contributed by atoms with E-state index in [2.05, 4.69) is 10.5 Å². The number of phenolic OH excluding ortho intramolecular Hbond substituents is 1. The van der Waals surface area contributed by atoms with Crippen LogP contribution in [0.5, 0.6) is 5.75 Å². The van der Waals surface area contributed by atoms with Crippen LogP contribution in [0.4, 0.5) is 0 Å². The second kappa shape index (κ2) is 5.48. The molecule has 1 fully saturated rings. The zero-order chi connectivity index (χ0) is 12.1. The minimum atomic E-state index is -0.233. The van der Waals surface area contributed by atoms with Crippen LogP contribution in [0.1, 0.15) is 42.5 Å². The maximum atomic E-state index is 11.7. The molecular weight excluding hydrogens is 216 g/mol. The van der Waals surface area contributed by atoms with Gasteiger partial charge in [0.2, 0.25) is 0 Å². The fourth-order valence-corrected chi connectivity index (χ4v) is 1.88. The van der Waals surface area contributed by atoms with Gasteiger partial charge >= 0.3 is 0 Å². The first-order valence-corrected chi connectivity index (χ1v) is 5.90. The van der Waals surface area contributed by atoms with Crippen LogP contribution in [-0.4, -0.2) is 16.7 Å². The van der Waals surface area contributed by atoms with Gasteiger partial charge in [-0.15, -0.1) is 0 Å². The van der Waals surface area contributed by atoms with Gasteiger partial charge in [-0.3, -0.25) is 4.79 Å². The number of carbonyl (C=O) groups excluding carboxylic acids is 1. The lowest BCUT2D eigenvalue weighted by atomic mass is 9.99. The van der Waals surface area contributed by atoms with E-state index in [9.17, 15) is 4.79 Å². The van der Waals surface area contributed by atoms with Crippen molar-refractivity contribution in [1.82, 2.24) is 5.43 Å². The number of aromatic hydroxyl groups is 1. The van der Waals surface area contributed by atoms with Crippen molar-refractivity contribution in [3.05, 3.63) is 29.8 Å². The van der Waals surface area contributed by atoms with Crippen LogP contribution in [0.25, 0.3) is 0 Å².